The lowest BCUT2D eigenvalue weighted by Crippen LogP contribution is -2.25. The molecule has 0 amide bonds. The van der Waals surface area contributed by atoms with Crippen molar-refractivity contribution in [1.82, 2.24) is 4.90 Å². The molecule has 1 aromatic rings. The van der Waals surface area contributed by atoms with Gasteiger partial charge in [-0.3, -0.25) is 0 Å². The van der Waals surface area contributed by atoms with Crippen LogP contribution in [0.25, 0.3) is 0 Å². The van der Waals surface area contributed by atoms with Gasteiger partial charge in [0.25, 0.3) is 0 Å². The minimum absolute atomic E-state index is 0.0638. The summed E-state index contributed by atoms with van der Waals surface area (Å²) in [7, 11) is 2.03. The van der Waals surface area contributed by atoms with Gasteiger partial charge in [0.05, 0.1) is 0 Å². The van der Waals surface area contributed by atoms with E-state index >= 15 is 0 Å². The number of likely N-dealkylation sites (N-methyl/N-ethyl adjacent to an activating group) is 1. The van der Waals surface area contributed by atoms with Crippen molar-refractivity contribution in [3.8, 4) is 0 Å². The summed E-state index contributed by atoms with van der Waals surface area (Å²) in [4.78, 5) is 2.44. The number of para-hydroxylation sites is 1. The van der Waals surface area contributed by atoms with Crippen molar-refractivity contribution in [2.75, 3.05) is 18.9 Å². The van der Waals surface area contributed by atoms with Crippen molar-refractivity contribution in [3.63, 3.8) is 0 Å². The molecule has 1 aliphatic rings. The highest BCUT2D eigenvalue weighted by Gasteiger charge is 2.31. The zero-order chi connectivity index (χ0) is 14.0. The molecule has 0 aliphatic carbocycles. The van der Waals surface area contributed by atoms with Crippen molar-refractivity contribution in [2.24, 2.45) is 0 Å². The fourth-order valence-electron chi connectivity index (χ4n) is 2.32. The summed E-state index contributed by atoms with van der Waals surface area (Å²) in [5.74, 6) is 0. The average molecular weight is 290 g/mol. The van der Waals surface area contributed by atoms with E-state index < -0.39 is 5.51 Å². The molecular formula is C13H17F3N2S. The number of hydrogen-bond acceptors (Lipinski definition) is 3. The van der Waals surface area contributed by atoms with Crippen molar-refractivity contribution in [1.29, 1.82) is 0 Å². The molecule has 1 aromatic carbocycles. The molecule has 106 valence electrons. The number of anilines is 1. The second-order valence-corrected chi connectivity index (χ2v) is 6.02. The number of thioether (sulfide) groups is 1. The van der Waals surface area contributed by atoms with Crippen LogP contribution in [-0.2, 0) is 0 Å². The van der Waals surface area contributed by atoms with Crippen LogP contribution < -0.4 is 5.32 Å². The molecule has 1 fully saturated rings. The van der Waals surface area contributed by atoms with Crippen molar-refractivity contribution in [2.45, 2.75) is 35.8 Å². The second-order valence-electron chi connectivity index (χ2n) is 4.91. The summed E-state index contributed by atoms with van der Waals surface area (Å²) in [5, 5.41) is 3.23. The van der Waals surface area contributed by atoms with Crippen LogP contribution in [0.15, 0.2) is 29.2 Å². The Hall–Kier alpha value is -0.880. The molecule has 0 bridgehead atoms. The normalized spacial score (nSPS) is 24.7. The van der Waals surface area contributed by atoms with Gasteiger partial charge in [-0.2, -0.15) is 13.2 Å². The number of nitrogens with zero attached hydrogens (tertiary/aromatic N) is 1. The molecule has 2 nitrogen and oxygen atoms in total. The first-order valence-corrected chi connectivity index (χ1v) is 6.98. The molecule has 2 rings (SSSR count). The van der Waals surface area contributed by atoms with Crippen LogP contribution in [0.4, 0.5) is 18.9 Å². The van der Waals surface area contributed by atoms with E-state index in [-0.39, 0.29) is 22.7 Å². The molecule has 0 radical (unpaired) electrons. The predicted molar refractivity (Wildman–Crippen MR) is 72.5 cm³/mol. The van der Waals surface area contributed by atoms with Gasteiger partial charge >= 0.3 is 5.51 Å². The predicted octanol–water partition coefficient (Wildman–Crippen LogP) is 3.80. The van der Waals surface area contributed by atoms with Crippen LogP contribution in [0.5, 0.6) is 0 Å². The number of hydrogen-bond donors (Lipinski definition) is 1. The lowest BCUT2D eigenvalue weighted by atomic mass is 10.2. The highest BCUT2D eigenvalue weighted by molar-refractivity contribution is 8.00. The van der Waals surface area contributed by atoms with Gasteiger partial charge in [-0.05, 0) is 44.3 Å². The molecule has 0 spiro atoms. The Morgan fingerprint density at radius 2 is 2.00 bits per heavy atom. The molecule has 6 heteroatoms. The molecular weight excluding hydrogens is 273 g/mol. The average Bonchev–Trinajstić information content (AvgIpc) is 2.59. The van der Waals surface area contributed by atoms with Gasteiger partial charge in [-0.1, -0.05) is 12.1 Å². The Kier molecular flexibility index (Phi) is 4.30. The number of alkyl halides is 3. The van der Waals surface area contributed by atoms with Crippen molar-refractivity contribution < 1.29 is 13.2 Å². The first-order valence-electron chi connectivity index (χ1n) is 6.16. The number of likely N-dealkylation sites (tertiary alicyclic amines) is 1. The SMILES string of the molecule is CC1CC(Nc2ccccc2SC(F)(F)F)CN1C. The van der Waals surface area contributed by atoms with E-state index in [2.05, 4.69) is 17.1 Å². The highest BCUT2D eigenvalue weighted by atomic mass is 32.2. The van der Waals surface area contributed by atoms with Crippen molar-refractivity contribution >= 4 is 17.4 Å². The molecule has 19 heavy (non-hydrogen) atoms. The Labute approximate surface area is 115 Å². The minimum Gasteiger partial charge on any atom is -0.380 e. The first kappa shape index (κ1) is 14.5. The number of halogens is 3. The largest absolute Gasteiger partial charge is 0.446 e. The Balaban J connectivity index is 2.08. The van der Waals surface area contributed by atoms with Gasteiger partial charge in [0.15, 0.2) is 0 Å². The number of nitrogens with one attached hydrogen (secondary N) is 1. The molecule has 1 saturated heterocycles. The van der Waals surface area contributed by atoms with Crippen LogP contribution in [0, 0.1) is 0 Å². The third-order valence-electron chi connectivity index (χ3n) is 3.36. The molecule has 0 saturated carbocycles. The van der Waals surface area contributed by atoms with E-state index in [1.54, 1.807) is 18.2 Å². The fraction of sp³-hybridized carbons (Fsp3) is 0.538. The summed E-state index contributed by atoms with van der Waals surface area (Å²) in [5.41, 5.74) is -3.69. The van der Waals surface area contributed by atoms with E-state index in [0.717, 1.165) is 13.0 Å². The molecule has 1 aliphatic heterocycles. The van der Waals surface area contributed by atoms with Gasteiger partial charge in [-0.15, -0.1) is 0 Å². The summed E-state index contributed by atoms with van der Waals surface area (Å²) >= 11 is -0.0638. The maximum Gasteiger partial charge on any atom is 0.446 e. The summed E-state index contributed by atoms with van der Waals surface area (Å²) in [6.45, 7) is 2.98. The maximum atomic E-state index is 12.5. The van der Waals surface area contributed by atoms with Crippen molar-refractivity contribution in [3.05, 3.63) is 24.3 Å². The van der Waals surface area contributed by atoms with E-state index in [0.29, 0.717) is 11.7 Å². The lowest BCUT2D eigenvalue weighted by molar-refractivity contribution is -0.0327. The summed E-state index contributed by atoms with van der Waals surface area (Å²) in [6, 6.07) is 7.25. The Morgan fingerprint density at radius 1 is 1.32 bits per heavy atom. The topological polar surface area (TPSA) is 15.3 Å². The van der Waals surface area contributed by atoms with Crippen LogP contribution >= 0.6 is 11.8 Å². The van der Waals surface area contributed by atoms with Gasteiger partial charge in [0.1, 0.15) is 0 Å². The van der Waals surface area contributed by atoms with Crippen LogP contribution in [0.1, 0.15) is 13.3 Å². The van der Waals surface area contributed by atoms with Gasteiger partial charge < -0.3 is 10.2 Å². The maximum absolute atomic E-state index is 12.5. The monoisotopic (exact) mass is 290 g/mol. The molecule has 2 atom stereocenters. The highest BCUT2D eigenvalue weighted by Crippen LogP contribution is 2.40. The van der Waals surface area contributed by atoms with E-state index in [1.807, 2.05) is 7.05 Å². The first-order chi connectivity index (χ1) is 8.85. The van der Waals surface area contributed by atoms with E-state index in [9.17, 15) is 13.2 Å². The van der Waals surface area contributed by atoms with Crippen LogP contribution in [-0.4, -0.2) is 36.1 Å². The second kappa shape index (κ2) is 5.63. The molecule has 1 N–H and O–H groups in total. The van der Waals surface area contributed by atoms with Crippen LogP contribution in [0.3, 0.4) is 0 Å². The van der Waals surface area contributed by atoms with E-state index in [4.69, 9.17) is 0 Å². The van der Waals surface area contributed by atoms with E-state index in [1.165, 1.54) is 6.07 Å². The third-order valence-corrected chi connectivity index (χ3v) is 4.17. The Morgan fingerprint density at radius 3 is 2.58 bits per heavy atom. The number of benzene rings is 1. The number of rotatable bonds is 3. The van der Waals surface area contributed by atoms with Gasteiger partial charge in [-0.25, -0.2) is 0 Å². The standard InChI is InChI=1S/C13H17F3N2S/c1-9-7-10(8-18(9)2)17-11-5-3-4-6-12(11)19-13(14,15)16/h3-6,9-10,17H,7-8H2,1-2H3. The lowest BCUT2D eigenvalue weighted by Gasteiger charge is -2.17. The van der Waals surface area contributed by atoms with Gasteiger partial charge in [0.2, 0.25) is 0 Å². The minimum atomic E-state index is -4.25. The zero-order valence-electron chi connectivity index (χ0n) is 10.9. The fourth-order valence-corrected chi connectivity index (χ4v) is 2.95. The summed E-state index contributed by atoms with van der Waals surface area (Å²) < 4.78 is 37.5. The summed E-state index contributed by atoms with van der Waals surface area (Å²) in [6.07, 6.45) is 0.946. The zero-order valence-corrected chi connectivity index (χ0v) is 11.7. The quantitative estimate of drug-likeness (QED) is 0.852. The molecule has 0 aromatic heterocycles. The smallest absolute Gasteiger partial charge is 0.380 e. The molecule has 1 heterocycles. The molecule has 2 unspecified atom stereocenters. The van der Waals surface area contributed by atoms with Gasteiger partial charge in [0, 0.05) is 29.2 Å². The van der Waals surface area contributed by atoms with Crippen LogP contribution in [0.2, 0.25) is 0 Å². The Bertz CT molecular complexity index is 426. The third kappa shape index (κ3) is 4.04.